The molecule has 2 amide bonds. The molecule has 2 aliphatic carbocycles. The summed E-state index contributed by atoms with van der Waals surface area (Å²) < 4.78 is 0. The number of amides is 2. The van der Waals surface area contributed by atoms with Gasteiger partial charge in [0, 0.05) is 23.6 Å². The molecule has 0 aliphatic heterocycles. The molecular formula is C18H19N3O2. The van der Waals surface area contributed by atoms with Crippen molar-refractivity contribution in [3.8, 4) is 0 Å². The SMILES string of the molecule is O=C(NC[C@H]1C[C@@H]2C=C[C@H]1C2)C(=O)Nc1cccc2[nH]ccc12. The van der Waals surface area contributed by atoms with Gasteiger partial charge in [-0.2, -0.15) is 0 Å². The van der Waals surface area contributed by atoms with Crippen LogP contribution >= 0.6 is 0 Å². The number of hydrogen-bond acceptors (Lipinski definition) is 2. The normalized spacial score (nSPS) is 25.0. The van der Waals surface area contributed by atoms with Gasteiger partial charge in [-0.05, 0) is 48.8 Å². The number of nitrogens with one attached hydrogen (secondary N) is 3. The lowest BCUT2D eigenvalue weighted by atomic mass is 9.94. The van der Waals surface area contributed by atoms with E-state index < -0.39 is 11.8 Å². The maximum Gasteiger partial charge on any atom is 0.313 e. The van der Waals surface area contributed by atoms with Crippen LogP contribution in [0, 0.1) is 17.8 Å². The van der Waals surface area contributed by atoms with Gasteiger partial charge >= 0.3 is 11.8 Å². The summed E-state index contributed by atoms with van der Waals surface area (Å²) in [4.78, 5) is 27.2. The highest BCUT2D eigenvalue weighted by atomic mass is 16.2. The minimum Gasteiger partial charge on any atom is -0.361 e. The molecule has 0 unspecified atom stereocenters. The van der Waals surface area contributed by atoms with E-state index in [0.717, 1.165) is 17.3 Å². The molecule has 5 nitrogen and oxygen atoms in total. The van der Waals surface area contributed by atoms with Crippen molar-refractivity contribution < 1.29 is 9.59 Å². The van der Waals surface area contributed by atoms with Gasteiger partial charge in [-0.1, -0.05) is 18.2 Å². The lowest BCUT2D eigenvalue weighted by molar-refractivity contribution is -0.136. The fraction of sp³-hybridized carbons (Fsp3) is 0.333. The highest BCUT2D eigenvalue weighted by Gasteiger charge is 2.35. The molecule has 23 heavy (non-hydrogen) atoms. The van der Waals surface area contributed by atoms with Gasteiger partial charge in [0.1, 0.15) is 0 Å². The average molecular weight is 309 g/mol. The van der Waals surface area contributed by atoms with Crippen molar-refractivity contribution in [2.75, 3.05) is 11.9 Å². The molecule has 1 aromatic carbocycles. The molecule has 2 bridgehead atoms. The summed E-state index contributed by atoms with van der Waals surface area (Å²) in [5, 5.41) is 6.37. The Balaban J connectivity index is 1.36. The third-order valence-corrected chi connectivity index (χ3v) is 4.99. The molecule has 0 saturated heterocycles. The first-order valence-corrected chi connectivity index (χ1v) is 8.04. The first-order chi connectivity index (χ1) is 11.2. The Bertz CT molecular complexity index is 792. The zero-order chi connectivity index (χ0) is 15.8. The predicted octanol–water partition coefficient (Wildman–Crippen LogP) is 2.43. The smallest absolute Gasteiger partial charge is 0.313 e. The molecule has 1 aromatic heterocycles. The molecule has 118 valence electrons. The second-order valence-corrected chi connectivity index (χ2v) is 6.45. The number of H-pyrrole nitrogens is 1. The summed E-state index contributed by atoms with van der Waals surface area (Å²) in [6.07, 6.45) is 8.64. The highest BCUT2D eigenvalue weighted by molar-refractivity contribution is 6.40. The molecule has 2 aromatic rings. The topological polar surface area (TPSA) is 74.0 Å². The average Bonchev–Trinajstić information content (AvgIpc) is 3.28. The summed E-state index contributed by atoms with van der Waals surface area (Å²) in [6, 6.07) is 7.44. The lowest BCUT2D eigenvalue weighted by Gasteiger charge is -2.18. The first-order valence-electron chi connectivity index (χ1n) is 8.04. The summed E-state index contributed by atoms with van der Waals surface area (Å²) in [5.41, 5.74) is 1.57. The van der Waals surface area contributed by atoms with E-state index in [2.05, 4.69) is 27.8 Å². The van der Waals surface area contributed by atoms with Gasteiger partial charge in [-0.25, -0.2) is 0 Å². The Morgan fingerprint density at radius 1 is 1.13 bits per heavy atom. The van der Waals surface area contributed by atoms with E-state index in [9.17, 15) is 9.59 Å². The van der Waals surface area contributed by atoms with Gasteiger partial charge in [0.15, 0.2) is 0 Å². The summed E-state index contributed by atoms with van der Waals surface area (Å²) in [5.74, 6) is 0.524. The van der Waals surface area contributed by atoms with Gasteiger partial charge in [-0.3, -0.25) is 9.59 Å². The molecular weight excluding hydrogens is 290 g/mol. The fourth-order valence-electron chi connectivity index (χ4n) is 3.81. The van der Waals surface area contributed by atoms with E-state index in [0.29, 0.717) is 30.0 Å². The minimum absolute atomic E-state index is 0.467. The monoisotopic (exact) mass is 309 g/mol. The Morgan fingerprint density at radius 3 is 2.83 bits per heavy atom. The van der Waals surface area contributed by atoms with Crippen LogP contribution in [0.4, 0.5) is 5.69 Å². The van der Waals surface area contributed by atoms with Crippen LogP contribution in [0.15, 0.2) is 42.6 Å². The number of rotatable bonds is 3. The Hall–Kier alpha value is -2.56. The highest BCUT2D eigenvalue weighted by Crippen LogP contribution is 2.42. The number of carbonyl (C=O) groups is 2. The van der Waals surface area contributed by atoms with Gasteiger partial charge in [-0.15, -0.1) is 0 Å². The maximum atomic E-state index is 12.1. The second kappa shape index (κ2) is 5.57. The summed E-state index contributed by atoms with van der Waals surface area (Å²) in [6.45, 7) is 0.576. The largest absolute Gasteiger partial charge is 0.361 e. The van der Waals surface area contributed by atoms with E-state index in [1.807, 2.05) is 24.4 Å². The van der Waals surface area contributed by atoms with Crippen molar-refractivity contribution in [2.24, 2.45) is 17.8 Å². The van der Waals surface area contributed by atoms with E-state index in [1.165, 1.54) is 6.42 Å². The fourth-order valence-corrected chi connectivity index (χ4v) is 3.81. The quantitative estimate of drug-likeness (QED) is 0.602. The van der Waals surface area contributed by atoms with Gasteiger partial charge in [0.2, 0.25) is 0 Å². The van der Waals surface area contributed by atoms with E-state index in [4.69, 9.17) is 0 Å². The van der Waals surface area contributed by atoms with Crippen LogP contribution in [0.2, 0.25) is 0 Å². The third-order valence-electron chi connectivity index (χ3n) is 4.99. The lowest BCUT2D eigenvalue weighted by Crippen LogP contribution is -2.38. The van der Waals surface area contributed by atoms with Crippen molar-refractivity contribution >= 4 is 28.4 Å². The van der Waals surface area contributed by atoms with Crippen molar-refractivity contribution in [3.05, 3.63) is 42.6 Å². The van der Waals surface area contributed by atoms with Crippen molar-refractivity contribution in [1.29, 1.82) is 0 Å². The van der Waals surface area contributed by atoms with Crippen LogP contribution in [-0.4, -0.2) is 23.3 Å². The van der Waals surface area contributed by atoms with Crippen LogP contribution in [-0.2, 0) is 9.59 Å². The number of anilines is 1. The van der Waals surface area contributed by atoms with E-state index >= 15 is 0 Å². The molecule has 1 saturated carbocycles. The summed E-state index contributed by atoms with van der Waals surface area (Å²) >= 11 is 0. The van der Waals surface area contributed by atoms with Crippen molar-refractivity contribution in [1.82, 2.24) is 10.3 Å². The number of fused-ring (bicyclic) bond motifs is 3. The number of hydrogen-bond donors (Lipinski definition) is 3. The number of carbonyl (C=O) groups excluding carboxylic acids is 2. The molecule has 1 fully saturated rings. The number of aromatic amines is 1. The van der Waals surface area contributed by atoms with Crippen molar-refractivity contribution in [2.45, 2.75) is 12.8 Å². The molecule has 4 rings (SSSR count). The molecule has 1 heterocycles. The Labute approximate surface area is 134 Å². The number of aromatic nitrogens is 1. The molecule has 2 aliphatic rings. The first kappa shape index (κ1) is 14.1. The molecule has 0 radical (unpaired) electrons. The van der Waals surface area contributed by atoms with Crippen LogP contribution < -0.4 is 10.6 Å². The Kier molecular flexibility index (Phi) is 3.41. The van der Waals surface area contributed by atoms with Crippen molar-refractivity contribution in [3.63, 3.8) is 0 Å². The molecule has 3 atom stereocenters. The standard InChI is InChI=1S/C18H19N3O2/c22-17(20-10-13-9-11-4-5-12(13)8-11)18(23)21-16-3-1-2-15-14(16)6-7-19-15/h1-7,11-13,19H,8-10H2,(H,20,22)(H,21,23)/t11-,12+,13-/m1/s1. The van der Waals surface area contributed by atoms with Crippen LogP contribution in [0.5, 0.6) is 0 Å². The van der Waals surface area contributed by atoms with E-state index in [1.54, 1.807) is 6.07 Å². The predicted molar refractivity (Wildman–Crippen MR) is 88.8 cm³/mol. The maximum absolute atomic E-state index is 12.1. The van der Waals surface area contributed by atoms with E-state index in [-0.39, 0.29) is 0 Å². The molecule has 0 spiro atoms. The van der Waals surface area contributed by atoms with Gasteiger partial charge in [0.05, 0.1) is 5.69 Å². The summed E-state index contributed by atoms with van der Waals surface area (Å²) in [7, 11) is 0. The zero-order valence-corrected chi connectivity index (χ0v) is 12.7. The van der Waals surface area contributed by atoms with Crippen LogP contribution in [0.25, 0.3) is 10.9 Å². The van der Waals surface area contributed by atoms with Gasteiger partial charge < -0.3 is 15.6 Å². The number of allylic oxidation sites excluding steroid dienone is 2. The Morgan fingerprint density at radius 2 is 2.04 bits per heavy atom. The van der Waals surface area contributed by atoms with Crippen LogP contribution in [0.3, 0.4) is 0 Å². The minimum atomic E-state index is -0.614. The zero-order valence-electron chi connectivity index (χ0n) is 12.7. The second-order valence-electron chi connectivity index (χ2n) is 6.45. The number of benzene rings is 1. The van der Waals surface area contributed by atoms with Gasteiger partial charge in [0.25, 0.3) is 0 Å². The third kappa shape index (κ3) is 2.63. The van der Waals surface area contributed by atoms with Crippen LogP contribution in [0.1, 0.15) is 12.8 Å². The molecule has 3 N–H and O–H groups in total. The molecule has 5 heteroatoms.